The summed E-state index contributed by atoms with van der Waals surface area (Å²) in [4.78, 5) is 26.9. The first-order valence-corrected chi connectivity index (χ1v) is 10.9. The van der Waals surface area contributed by atoms with Crippen molar-refractivity contribution in [1.82, 2.24) is 9.47 Å². The Labute approximate surface area is 186 Å². The molecule has 2 aromatic carbocycles. The van der Waals surface area contributed by atoms with Gasteiger partial charge in [-0.05, 0) is 73.1 Å². The van der Waals surface area contributed by atoms with Crippen molar-refractivity contribution in [3.63, 3.8) is 0 Å². The molecule has 1 fully saturated rings. The maximum atomic E-state index is 14.3. The van der Waals surface area contributed by atoms with Crippen molar-refractivity contribution in [2.75, 3.05) is 0 Å². The summed E-state index contributed by atoms with van der Waals surface area (Å²) >= 11 is 4.31. The topological polar surface area (TPSA) is 42.3 Å². The number of carbonyl (C=O) groups excluding carboxylic acids is 2. The highest BCUT2D eigenvalue weighted by Gasteiger charge is 2.35. The SMILES string of the molecule is Cc1cc(C=C2SC(=O)N(Cc3ccc(Br)cc3)C2=O)c(C)n1-c1ccccc1F. The second-order valence-corrected chi connectivity index (χ2v) is 8.92. The Morgan fingerprint density at radius 2 is 1.77 bits per heavy atom. The van der Waals surface area contributed by atoms with Crippen LogP contribution in [0.15, 0.2) is 64.0 Å². The van der Waals surface area contributed by atoms with Gasteiger partial charge in [0.05, 0.1) is 17.1 Å². The van der Waals surface area contributed by atoms with E-state index in [1.807, 2.05) is 48.7 Å². The normalized spacial score (nSPS) is 15.5. The van der Waals surface area contributed by atoms with Gasteiger partial charge in [0.15, 0.2) is 0 Å². The van der Waals surface area contributed by atoms with E-state index in [1.165, 1.54) is 11.0 Å². The number of amides is 2. The number of aromatic nitrogens is 1. The number of carbonyl (C=O) groups is 2. The largest absolute Gasteiger partial charge is 0.315 e. The number of imide groups is 1. The van der Waals surface area contributed by atoms with Crippen LogP contribution in [0, 0.1) is 19.7 Å². The Bertz CT molecular complexity index is 1180. The van der Waals surface area contributed by atoms with Gasteiger partial charge in [0, 0.05) is 15.9 Å². The molecule has 1 aromatic heterocycles. The molecule has 1 saturated heterocycles. The van der Waals surface area contributed by atoms with Crippen LogP contribution in [-0.2, 0) is 11.3 Å². The van der Waals surface area contributed by atoms with Crippen LogP contribution in [0.3, 0.4) is 0 Å². The summed E-state index contributed by atoms with van der Waals surface area (Å²) in [6.07, 6.45) is 1.71. The molecule has 0 spiro atoms. The molecule has 0 unspecified atom stereocenters. The Hall–Kier alpha value is -2.64. The van der Waals surface area contributed by atoms with E-state index in [1.54, 1.807) is 24.3 Å². The Balaban J connectivity index is 1.63. The van der Waals surface area contributed by atoms with E-state index in [9.17, 15) is 14.0 Å². The van der Waals surface area contributed by atoms with Gasteiger partial charge in [0.2, 0.25) is 0 Å². The third-order valence-corrected chi connectivity index (χ3v) is 6.41. The summed E-state index contributed by atoms with van der Waals surface area (Å²) < 4.78 is 17.0. The number of hydrogen-bond acceptors (Lipinski definition) is 3. The molecular formula is C23H18BrFN2O2S. The van der Waals surface area contributed by atoms with Crippen LogP contribution >= 0.6 is 27.7 Å². The number of benzene rings is 2. The van der Waals surface area contributed by atoms with Gasteiger partial charge in [-0.15, -0.1) is 0 Å². The Kier molecular flexibility index (Phi) is 5.66. The van der Waals surface area contributed by atoms with Gasteiger partial charge < -0.3 is 4.57 Å². The van der Waals surface area contributed by atoms with Crippen LogP contribution in [0.25, 0.3) is 11.8 Å². The molecule has 4 rings (SSSR count). The molecular weight excluding hydrogens is 467 g/mol. The van der Waals surface area contributed by atoms with Crippen molar-refractivity contribution >= 4 is 44.9 Å². The van der Waals surface area contributed by atoms with E-state index in [0.29, 0.717) is 10.6 Å². The van der Waals surface area contributed by atoms with Crippen molar-refractivity contribution in [3.8, 4) is 5.69 Å². The van der Waals surface area contributed by atoms with Gasteiger partial charge in [0.25, 0.3) is 11.1 Å². The summed E-state index contributed by atoms with van der Waals surface area (Å²) in [6.45, 7) is 3.98. The molecule has 3 aromatic rings. The van der Waals surface area contributed by atoms with Crippen molar-refractivity contribution in [2.24, 2.45) is 0 Å². The second kappa shape index (κ2) is 8.24. The van der Waals surface area contributed by atoms with Crippen LogP contribution < -0.4 is 0 Å². The lowest BCUT2D eigenvalue weighted by molar-refractivity contribution is -0.123. The second-order valence-electron chi connectivity index (χ2n) is 7.01. The zero-order valence-corrected chi connectivity index (χ0v) is 18.8. The molecule has 0 radical (unpaired) electrons. The molecule has 0 atom stereocenters. The highest BCUT2D eigenvalue weighted by Crippen LogP contribution is 2.35. The van der Waals surface area contributed by atoms with Gasteiger partial charge in [-0.1, -0.05) is 40.2 Å². The summed E-state index contributed by atoms with van der Waals surface area (Å²) in [5.74, 6) is -0.635. The minimum Gasteiger partial charge on any atom is -0.315 e. The number of rotatable bonds is 4. The fraction of sp³-hybridized carbons (Fsp3) is 0.130. The first-order chi connectivity index (χ1) is 14.3. The molecule has 30 heavy (non-hydrogen) atoms. The van der Waals surface area contributed by atoms with Gasteiger partial charge in [-0.3, -0.25) is 14.5 Å². The van der Waals surface area contributed by atoms with Gasteiger partial charge in [0.1, 0.15) is 5.82 Å². The minimum absolute atomic E-state index is 0.226. The molecule has 0 bridgehead atoms. The monoisotopic (exact) mass is 484 g/mol. The van der Waals surface area contributed by atoms with Crippen LogP contribution in [0.1, 0.15) is 22.5 Å². The molecule has 1 aliphatic rings. The summed E-state index contributed by atoms with van der Waals surface area (Å²) in [7, 11) is 0. The molecule has 0 aliphatic carbocycles. The van der Waals surface area contributed by atoms with Gasteiger partial charge in [-0.25, -0.2) is 4.39 Å². The van der Waals surface area contributed by atoms with E-state index in [4.69, 9.17) is 0 Å². The van der Waals surface area contributed by atoms with Crippen LogP contribution in [-0.4, -0.2) is 20.6 Å². The van der Waals surface area contributed by atoms with Crippen molar-refractivity contribution < 1.29 is 14.0 Å². The molecule has 7 heteroatoms. The molecule has 0 N–H and O–H groups in total. The smallest absolute Gasteiger partial charge is 0.293 e. The fourth-order valence-corrected chi connectivity index (χ4v) is 4.58. The van der Waals surface area contributed by atoms with Crippen LogP contribution in [0.4, 0.5) is 9.18 Å². The number of para-hydroxylation sites is 1. The predicted octanol–water partition coefficient (Wildman–Crippen LogP) is 6.23. The Morgan fingerprint density at radius 1 is 1.07 bits per heavy atom. The fourth-order valence-electron chi connectivity index (χ4n) is 3.49. The summed E-state index contributed by atoms with van der Waals surface area (Å²) in [6, 6.07) is 16.0. The van der Waals surface area contributed by atoms with E-state index in [2.05, 4.69) is 15.9 Å². The first-order valence-electron chi connectivity index (χ1n) is 9.29. The zero-order chi connectivity index (χ0) is 21.4. The summed E-state index contributed by atoms with van der Waals surface area (Å²) in [5.41, 5.74) is 3.76. The van der Waals surface area contributed by atoms with Crippen molar-refractivity contribution in [3.05, 3.63) is 92.3 Å². The third-order valence-electron chi connectivity index (χ3n) is 4.98. The molecule has 4 nitrogen and oxygen atoms in total. The lowest BCUT2D eigenvalue weighted by Gasteiger charge is -2.12. The lowest BCUT2D eigenvalue weighted by atomic mass is 10.2. The van der Waals surface area contributed by atoms with Gasteiger partial charge >= 0.3 is 0 Å². The average Bonchev–Trinajstić information content (AvgIpc) is 3.14. The standard InChI is InChI=1S/C23H18BrFN2O2S/c1-14-11-17(15(2)27(14)20-6-4-3-5-19(20)25)12-21-22(28)26(23(29)30-21)13-16-7-9-18(24)10-8-16/h3-12H,13H2,1-2H3. The number of aryl methyl sites for hydroxylation is 1. The van der Waals surface area contributed by atoms with E-state index < -0.39 is 0 Å². The number of halogens is 2. The predicted molar refractivity (Wildman–Crippen MR) is 121 cm³/mol. The molecule has 1 aliphatic heterocycles. The van der Waals surface area contributed by atoms with Crippen LogP contribution in [0.5, 0.6) is 0 Å². The zero-order valence-electron chi connectivity index (χ0n) is 16.4. The maximum Gasteiger partial charge on any atom is 0.293 e. The highest BCUT2D eigenvalue weighted by atomic mass is 79.9. The van der Waals surface area contributed by atoms with Crippen LogP contribution in [0.2, 0.25) is 0 Å². The van der Waals surface area contributed by atoms with E-state index in [0.717, 1.165) is 38.7 Å². The van der Waals surface area contributed by atoms with Crippen molar-refractivity contribution in [1.29, 1.82) is 0 Å². The highest BCUT2D eigenvalue weighted by molar-refractivity contribution is 9.10. The lowest BCUT2D eigenvalue weighted by Crippen LogP contribution is -2.27. The molecule has 2 amide bonds. The Morgan fingerprint density at radius 3 is 2.47 bits per heavy atom. The molecule has 0 saturated carbocycles. The minimum atomic E-state index is -0.319. The quantitative estimate of drug-likeness (QED) is 0.412. The first kappa shape index (κ1) is 20.6. The van der Waals surface area contributed by atoms with E-state index >= 15 is 0 Å². The van der Waals surface area contributed by atoms with E-state index in [-0.39, 0.29) is 23.5 Å². The number of hydrogen-bond donors (Lipinski definition) is 0. The average molecular weight is 485 g/mol. The van der Waals surface area contributed by atoms with Gasteiger partial charge in [-0.2, -0.15) is 0 Å². The third kappa shape index (κ3) is 3.87. The number of thioether (sulfide) groups is 1. The van der Waals surface area contributed by atoms with Crippen molar-refractivity contribution in [2.45, 2.75) is 20.4 Å². The summed E-state index contributed by atoms with van der Waals surface area (Å²) in [5, 5.41) is -0.294. The molecule has 2 heterocycles. The molecule has 152 valence electrons. The maximum absolute atomic E-state index is 14.3. The number of nitrogens with zero attached hydrogens (tertiary/aromatic N) is 2.